The van der Waals surface area contributed by atoms with Gasteiger partial charge in [0.1, 0.15) is 5.75 Å². The van der Waals surface area contributed by atoms with Gasteiger partial charge in [0.15, 0.2) is 0 Å². The predicted molar refractivity (Wildman–Crippen MR) is 92.7 cm³/mol. The van der Waals surface area contributed by atoms with Crippen LogP contribution in [0.3, 0.4) is 0 Å². The third kappa shape index (κ3) is 4.99. The van der Waals surface area contributed by atoms with Crippen LogP contribution in [0.1, 0.15) is 40.0 Å². The van der Waals surface area contributed by atoms with E-state index >= 15 is 0 Å². The maximum absolute atomic E-state index is 12.4. The molecule has 0 unspecified atom stereocenters. The first kappa shape index (κ1) is 21.0. The van der Waals surface area contributed by atoms with Crippen LogP contribution in [0.25, 0.3) is 0 Å². The van der Waals surface area contributed by atoms with Gasteiger partial charge in [-0.3, -0.25) is 0 Å². The number of hydrogen-bond donors (Lipinski definition) is 0. The fraction of sp³-hybridized carbons (Fsp3) is 0.625. The second-order valence-corrected chi connectivity index (χ2v) is 12.2. The summed E-state index contributed by atoms with van der Waals surface area (Å²) in [4.78, 5) is 0. The van der Waals surface area contributed by atoms with Gasteiger partial charge in [-0.25, -0.2) is 0 Å². The zero-order chi connectivity index (χ0) is 18.4. The van der Waals surface area contributed by atoms with Crippen molar-refractivity contribution in [2.45, 2.75) is 63.7 Å². The molecule has 0 bridgehead atoms. The SMILES string of the molecule is CCC[Si](CCC)(CCC)c1ccc(OS(=O)(=O)C(F)(F)F)cc1. The minimum absolute atomic E-state index is 0.302. The maximum atomic E-state index is 12.4. The Morgan fingerprint density at radius 3 is 1.67 bits per heavy atom. The number of rotatable bonds is 9. The van der Waals surface area contributed by atoms with E-state index in [-0.39, 0.29) is 5.75 Å². The number of alkyl halides is 3. The molecule has 0 atom stereocenters. The van der Waals surface area contributed by atoms with Crippen LogP contribution >= 0.6 is 0 Å². The van der Waals surface area contributed by atoms with Gasteiger partial charge in [0.25, 0.3) is 0 Å². The van der Waals surface area contributed by atoms with Crippen molar-refractivity contribution in [1.82, 2.24) is 0 Å². The van der Waals surface area contributed by atoms with E-state index < -0.39 is 23.7 Å². The average Bonchev–Trinajstić information content (AvgIpc) is 2.47. The van der Waals surface area contributed by atoms with E-state index in [0.717, 1.165) is 42.6 Å². The molecule has 0 N–H and O–H groups in total. The molecule has 24 heavy (non-hydrogen) atoms. The summed E-state index contributed by atoms with van der Waals surface area (Å²) in [6.07, 6.45) is 3.19. The summed E-state index contributed by atoms with van der Waals surface area (Å²) in [6.45, 7) is 6.42. The zero-order valence-electron chi connectivity index (χ0n) is 14.3. The fourth-order valence-electron chi connectivity index (χ4n) is 3.28. The van der Waals surface area contributed by atoms with E-state index in [0.29, 0.717) is 0 Å². The van der Waals surface area contributed by atoms with Crippen molar-refractivity contribution in [1.29, 1.82) is 0 Å². The molecule has 0 aliphatic rings. The molecule has 1 rings (SSSR count). The van der Waals surface area contributed by atoms with E-state index in [1.165, 1.54) is 12.1 Å². The zero-order valence-corrected chi connectivity index (χ0v) is 16.1. The lowest BCUT2D eigenvalue weighted by molar-refractivity contribution is -0.0500. The monoisotopic (exact) mass is 382 g/mol. The quantitative estimate of drug-likeness (QED) is 0.350. The normalized spacial score (nSPS) is 13.1. The van der Waals surface area contributed by atoms with Crippen LogP contribution < -0.4 is 9.37 Å². The van der Waals surface area contributed by atoms with E-state index in [1.807, 2.05) is 0 Å². The highest BCUT2D eigenvalue weighted by Gasteiger charge is 2.48. The summed E-state index contributed by atoms with van der Waals surface area (Å²) < 4.78 is 63.5. The molecular weight excluding hydrogens is 357 g/mol. The van der Waals surface area contributed by atoms with Gasteiger partial charge in [-0.15, -0.1) is 0 Å². The molecule has 0 saturated carbocycles. The molecule has 0 aliphatic carbocycles. The largest absolute Gasteiger partial charge is 0.534 e. The topological polar surface area (TPSA) is 43.4 Å². The van der Waals surface area contributed by atoms with E-state index in [9.17, 15) is 21.6 Å². The number of hydrogen-bond acceptors (Lipinski definition) is 3. The summed E-state index contributed by atoms with van der Waals surface area (Å²) in [5.74, 6) is -0.302. The first-order chi connectivity index (χ1) is 11.1. The van der Waals surface area contributed by atoms with Gasteiger partial charge in [0.05, 0.1) is 8.07 Å². The van der Waals surface area contributed by atoms with Gasteiger partial charge < -0.3 is 4.18 Å². The van der Waals surface area contributed by atoms with Crippen molar-refractivity contribution >= 4 is 23.4 Å². The first-order valence-corrected chi connectivity index (χ1v) is 12.3. The minimum atomic E-state index is -5.62. The van der Waals surface area contributed by atoms with Crippen molar-refractivity contribution in [2.75, 3.05) is 0 Å². The molecule has 1 aromatic rings. The average molecular weight is 383 g/mol. The minimum Gasteiger partial charge on any atom is -0.376 e. The van der Waals surface area contributed by atoms with E-state index in [2.05, 4.69) is 25.0 Å². The van der Waals surface area contributed by atoms with Gasteiger partial charge in [-0.05, 0) is 12.1 Å². The molecule has 0 fully saturated rings. The highest BCUT2D eigenvalue weighted by molar-refractivity contribution is 7.88. The van der Waals surface area contributed by atoms with E-state index in [1.54, 1.807) is 12.1 Å². The lowest BCUT2D eigenvalue weighted by Gasteiger charge is -2.32. The summed E-state index contributed by atoms with van der Waals surface area (Å²) in [5.41, 5.74) is -5.42. The molecule has 0 radical (unpaired) electrons. The third-order valence-corrected chi connectivity index (χ3v) is 11.0. The van der Waals surface area contributed by atoms with Gasteiger partial charge >= 0.3 is 15.6 Å². The highest BCUT2D eigenvalue weighted by Crippen LogP contribution is 2.29. The van der Waals surface area contributed by atoms with Crippen molar-refractivity contribution < 1.29 is 25.8 Å². The van der Waals surface area contributed by atoms with Gasteiger partial charge in [0.2, 0.25) is 0 Å². The van der Waals surface area contributed by atoms with Crippen molar-refractivity contribution in [3.05, 3.63) is 24.3 Å². The van der Waals surface area contributed by atoms with Crippen LogP contribution in [0.15, 0.2) is 24.3 Å². The molecule has 0 aromatic heterocycles. The third-order valence-electron chi connectivity index (χ3n) is 4.14. The van der Waals surface area contributed by atoms with Crippen LogP contribution in [-0.2, 0) is 10.1 Å². The smallest absolute Gasteiger partial charge is 0.376 e. The van der Waals surface area contributed by atoms with Crippen LogP contribution in [0.4, 0.5) is 13.2 Å². The van der Waals surface area contributed by atoms with Crippen LogP contribution in [-0.4, -0.2) is 22.0 Å². The Kier molecular flexibility index (Phi) is 7.34. The van der Waals surface area contributed by atoms with Crippen molar-refractivity contribution in [3.8, 4) is 5.75 Å². The highest BCUT2D eigenvalue weighted by atomic mass is 32.2. The van der Waals surface area contributed by atoms with Crippen LogP contribution in [0.5, 0.6) is 5.75 Å². The molecule has 3 nitrogen and oxygen atoms in total. The molecule has 8 heteroatoms. The Bertz CT molecular complexity index is 595. The lowest BCUT2D eigenvalue weighted by atomic mass is 10.3. The maximum Gasteiger partial charge on any atom is 0.534 e. The second-order valence-electron chi connectivity index (χ2n) is 6.04. The Balaban J connectivity index is 3.11. The van der Waals surface area contributed by atoms with Gasteiger partial charge in [-0.1, -0.05) is 75.5 Å². The summed E-state index contributed by atoms with van der Waals surface area (Å²) in [5, 5.41) is 1.16. The Hall–Kier alpha value is -1.02. The molecule has 1 aromatic carbocycles. The molecule has 0 saturated heterocycles. The Morgan fingerprint density at radius 2 is 1.33 bits per heavy atom. The molecule has 0 amide bonds. The number of halogens is 3. The molecule has 0 spiro atoms. The van der Waals surface area contributed by atoms with Gasteiger partial charge in [0, 0.05) is 0 Å². The summed E-state index contributed by atoms with van der Waals surface area (Å²) in [7, 11) is -7.34. The standard InChI is InChI=1S/C16H25F3O3SSi/c1-4-11-24(12-5-2,13-6-3)15-9-7-14(8-10-15)22-23(20,21)16(17,18)19/h7-10H,4-6,11-13H2,1-3H3. The first-order valence-electron chi connectivity index (χ1n) is 8.23. The Morgan fingerprint density at radius 1 is 0.917 bits per heavy atom. The summed E-state index contributed by atoms with van der Waals surface area (Å²) in [6, 6.07) is 9.52. The molecule has 0 aliphatic heterocycles. The fourth-order valence-corrected chi connectivity index (χ4v) is 9.10. The van der Waals surface area contributed by atoms with Crippen molar-refractivity contribution in [2.24, 2.45) is 0 Å². The lowest BCUT2D eigenvalue weighted by Crippen LogP contribution is -2.47. The molecular formula is C16H25F3O3SSi. The number of benzene rings is 1. The Labute approximate surface area is 143 Å². The van der Waals surface area contributed by atoms with Crippen molar-refractivity contribution in [3.63, 3.8) is 0 Å². The molecule has 138 valence electrons. The van der Waals surface area contributed by atoms with Gasteiger partial charge in [-0.2, -0.15) is 21.6 Å². The summed E-state index contributed by atoms with van der Waals surface area (Å²) >= 11 is 0. The predicted octanol–water partition coefficient (Wildman–Crippen LogP) is 4.80. The van der Waals surface area contributed by atoms with E-state index in [4.69, 9.17) is 0 Å². The van der Waals surface area contributed by atoms with Crippen LogP contribution in [0, 0.1) is 0 Å². The second kappa shape index (κ2) is 8.38. The van der Waals surface area contributed by atoms with Crippen LogP contribution in [0.2, 0.25) is 18.1 Å². The molecule has 0 heterocycles.